The standard InChI is InChI=1S/C13H14N2/c1-10-8-11(5-6-13(10)14)9-12-4-2-3-7-15-12/h2-8H,9,14H2,1H3. The molecule has 0 unspecified atom stereocenters. The fraction of sp³-hybridized carbons (Fsp3) is 0.154. The molecule has 76 valence electrons. The van der Waals surface area contributed by atoms with Crippen molar-refractivity contribution in [3.8, 4) is 0 Å². The Bertz CT molecular complexity index is 449. The number of nitrogens with two attached hydrogens (primary N) is 1. The first-order valence-electron chi connectivity index (χ1n) is 5.00. The molecule has 0 aliphatic carbocycles. The zero-order valence-corrected chi connectivity index (χ0v) is 8.77. The largest absolute Gasteiger partial charge is 0.399 e. The van der Waals surface area contributed by atoms with Crippen LogP contribution in [0.25, 0.3) is 0 Å². The molecule has 1 heterocycles. The molecular weight excluding hydrogens is 184 g/mol. The Morgan fingerprint density at radius 3 is 2.73 bits per heavy atom. The lowest BCUT2D eigenvalue weighted by Crippen LogP contribution is -1.94. The Morgan fingerprint density at radius 2 is 2.07 bits per heavy atom. The van der Waals surface area contributed by atoms with Gasteiger partial charge in [-0.15, -0.1) is 0 Å². The second-order valence-electron chi connectivity index (χ2n) is 3.69. The second kappa shape index (κ2) is 4.13. The number of hydrogen-bond donors (Lipinski definition) is 1. The number of aromatic nitrogens is 1. The average Bonchev–Trinajstić information content (AvgIpc) is 2.25. The van der Waals surface area contributed by atoms with Crippen LogP contribution in [0, 0.1) is 6.92 Å². The maximum Gasteiger partial charge on any atom is 0.0447 e. The molecule has 2 aromatic rings. The molecular formula is C13H14N2. The van der Waals surface area contributed by atoms with Gasteiger partial charge in [-0.2, -0.15) is 0 Å². The molecule has 2 heteroatoms. The molecule has 2 N–H and O–H groups in total. The molecule has 0 spiro atoms. The van der Waals surface area contributed by atoms with Gasteiger partial charge in [-0.1, -0.05) is 18.2 Å². The summed E-state index contributed by atoms with van der Waals surface area (Å²) in [5, 5.41) is 0. The van der Waals surface area contributed by atoms with E-state index in [4.69, 9.17) is 5.73 Å². The summed E-state index contributed by atoms with van der Waals surface area (Å²) in [4.78, 5) is 4.29. The van der Waals surface area contributed by atoms with Crippen LogP contribution in [0.15, 0.2) is 42.6 Å². The Labute approximate surface area is 89.8 Å². The Kier molecular flexibility index (Phi) is 2.68. The number of nitrogens with zero attached hydrogens (tertiary/aromatic N) is 1. The predicted molar refractivity (Wildman–Crippen MR) is 62.6 cm³/mol. The third-order valence-corrected chi connectivity index (χ3v) is 2.45. The maximum atomic E-state index is 5.77. The third kappa shape index (κ3) is 2.34. The first kappa shape index (κ1) is 9.71. The molecule has 0 bridgehead atoms. The first-order chi connectivity index (χ1) is 7.25. The Morgan fingerprint density at radius 1 is 1.20 bits per heavy atom. The minimum absolute atomic E-state index is 0.847. The van der Waals surface area contributed by atoms with Crippen LogP contribution in [0.2, 0.25) is 0 Å². The molecule has 0 radical (unpaired) electrons. The number of pyridine rings is 1. The fourth-order valence-electron chi connectivity index (χ4n) is 1.56. The van der Waals surface area contributed by atoms with Crippen LogP contribution in [-0.2, 0) is 6.42 Å². The number of anilines is 1. The Balaban J connectivity index is 2.22. The van der Waals surface area contributed by atoms with Gasteiger partial charge in [0.2, 0.25) is 0 Å². The lowest BCUT2D eigenvalue weighted by atomic mass is 10.1. The molecule has 0 saturated carbocycles. The summed E-state index contributed by atoms with van der Waals surface area (Å²) in [5.74, 6) is 0. The fourth-order valence-corrected chi connectivity index (χ4v) is 1.56. The normalized spacial score (nSPS) is 10.2. The zero-order chi connectivity index (χ0) is 10.7. The highest BCUT2D eigenvalue weighted by molar-refractivity contribution is 5.48. The average molecular weight is 198 g/mol. The van der Waals surface area contributed by atoms with Gasteiger partial charge in [0.25, 0.3) is 0 Å². The van der Waals surface area contributed by atoms with Crippen LogP contribution in [0.3, 0.4) is 0 Å². The van der Waals surface area contributed by atoms with Crippen LogP contribution >= 0.6 is 0 Å². The second-order valence-corrected chi connectivity index (χ2v) is 3.69. The van der Waals surface area contributed by atoms with Gasteiger partial charge in [-0.25, -0.2) is 0 Å². The van der Waals surface area contributed by atoms with E-state index in [2.05, 4.69) is 17.1 Å². The van der Waals surface area contributed by atoms with Crippen molar-refractivity contribution >= 4 is 5.69 Å². The monoisotopic (exact) mass is 198 g/mol. The molecule has 0 amide bonds. The molecule has 0 aliphatic heterocycles. The van der Waals surface area contributed by atoms with Crippen molar-refractivity contribution in [1.82, 2.24) is 4.98 Å². The number of nitrogen functional groups attached to an aromatic ring is 1. The van der Waals surface area contributed by atoms with Gasteiger partial charge in [0, 0.05) is 24.0 Å². The van der Waals surface area contributed by atoms with E-state index < -0.39 is 0 Å². The van der Waals surface area contributed by atoms with Gasteiger partial charge in [-0.3, -0.25) is 4.98 Å². The number of benzene rings is 1. The summed E-state index contributed by atoms with van der Waals surface area (Å²) in [5.41, 5.74) is 10.1. The molecule has 1 aromatic heterocycles. The molecule has 2 rings (SSSR count). The minimum Gasteiger partial charge on any atom is -0.399 e. The van der Waals surface area contributed by atoms with Crippen LogP contribution in [0.5, 0.6) is 0 Å². The van der Waals surface area contributed by atoms with E-state index >= 15 is 0 Å². The SMILES string of the molecule is Cc1cc(Cc2ccccn2)ccc1N. The summed E-state index contributed by atoms with van der Waals surface area (Å²) in [6, 6.07) is 12.1. The van der Waals surface area contributed by atoms with E-state index in [1.807, 2.05) is 37.4 Å². The Hall–Kier alpha value is -1.83. The zero-order valence-electron chi connectivity index (χ0n) is 8.77. The van der Waals surface area contributed by atoms with Gasteiger partial charge < -0.3 is 5.73 Å². The van der Waals surface area contributed by atoms with Crippen LogP contribution < -0.4 is 5.73 Å². The van der Waals surface area contributed by atoms with E-state index in [-0.39, 0.29) is 0 Å². The van der Waals surface area contributed by atoms with Crippen molar-refractivity contribution in [2.24, 2.45) is 0 Å². The topological polar surface area (TPSA) is 38.9 Å². The van der Waals surface area contributed by atoms with E-state index in [1.54, 1.807) is 0 Å². The van der Waals surface area contributed by atoms with Crippen LogP contribution in [0.4, 0.5) is 5.69 Å². The quantitative estimate of drug-likeness (QED) is 0.753. The predicted octanol–water partition coefficient (Wildman–Crippen LogP) is 2.56. The highest BCUT2D eigenvalue weighted by atomic mass is 14.7. The van der Waals surface area contributed by atoms with Crippen molar-refractivity contribution in [1.29, 1.82) is 0 Å². The molecule has 1 aromatic carbocycles. The summed E-state index contributed by atoms with van der Waals surface area (Å²) in [6.45, 7) is 2.03. The van der Waals surface area contributed by atoms with Gasteiger partial charge in [0.05, 0.1) is 0 Å². The van der Waals surface area contributed by atoms with Crippen LogP contribution in [-0.4, -0.2) is 4.98 Å². The number of rotatable bonds is 2. The maximum absolute atomic E-state index is 5.77. The van der Waals surface area contributed by atoms with Gasteiger partial charge in [0.15, 0.2) is 0 Å². The summed E-state index contributed by atoms with van der Waals surface area (Å²) in [6.07, 6.45) is 2.68. The van der Waals surface area contributed by atoms with E-state index in [1.165, 1.54) is 5.56 Å². The molecule has 2 nitrogen and oxygen atoms in total. The molecule has 0 fully saturated rings. The summed E-state index contributed by atoms with van der Waals surface area (Å²) >= 11 is 0. The minimum atomic E-state index is 0.847. The van der Waals surface area contributed by atoms with Crippen molar-refractivity contribution in [2.75, 3.05) is 5.73 Å². The molecule has 0 aliphatic rings. The summed E-state index contributed by atoms with van der Waals surface area (Å²) in [7, 11) is 0. The molecule has 0 atom stereocenters. The number of aryl methyl sites for hydroxylation is 1. The van der Waals surface area contributed by atoms with Gasteiger partial charge in [0.1, 0.15) is 0 Å². The molecule has 0 saturated heterocycles. The van der Waals surface area contributed by atoms with Crippen molar-refractivity contribution in [2.45, 2.75) is 13.3 Å². The number of hydrogen-bond acceptors (Lipinski definition) is 2. The highest BCUT2D eigenvalue weighted by Gasteiger charge is 1.99. The van der Waals surface area contributed by atoms with Crippen molar-refractivity contribution in [3.63, 3.8) is 0 Å². The van der Waals surface area contributed by atoms with Crippen molar-refractivity contribution in [3.05, 3.63) is 59.4 Å². The van der Waals surface area contributed by atoms with E-state index in [9.17, 15) is 0 Å². The van der Waals surface area contributed by atoms with Crippen molar-refractivity contribution < 1.29 is 0 Å². The lowest BCUT2D eigenvalue weighted by Gasteiger charge is -2.04. The van der Waals surface area contributed by atoms with Crippen LogP contribution in [0.1, 0.15) is 16.8 Å². The third-order valence-electron chi connectivity index (χ3n) is 2.45. The first-order valence-corrected chi connectivity index (χ1v) is 5.00. The highest BCUT2D eigenvalue weighted by Crippen LogP contribution is 2.14. The van der Waals surface area contributed by atoms with Gasteiger partial charge in [-0.05, 0) is 36.2 Å². The van der Waals surface area contributed by atoms with Gasteiger partial charge >= 0.3 is 0 Å². The smallest absolute Gasteiger partial charge is 0.0447 e. The van der Waals surface area contributed by atoms with E-state index in [0.29, 0.717) is 0 Å². The van der Waals surface area contributed by atoms with E-state index in [0.717, 1.165) is 23.4 Å². The summed E-state index contributed by atoms with van der Waals surface area (Å²) < 4.78 is 0. The lowest BCUT2D eigenvalue weighted by molar-refractivity contribution is 1.07. The molecule has 15 heavy (non-hydrogen) atoms.